The maximum atomic E-state index is 11.2. The number of hydrogen-bond donors (Lipinski definition) is 1. The number of fused-ring (bicyclic) bond motifs is 2. The number of β-amino-alcohol motifs (C(OH)–C–C–N with tert-alkyl or cyclic N) is 1. The van der Waals surface area contributed by atoms with Crippen LogP contribution in [0.5, 0.6) is 0 Å². The summed E-state index contributed by atoms with van der Waals surface area (Å²) in [5, 5.41) is 13.5. The van der Waals surface area contributed by atoms with Crippen molar-refractivity contribution in [3.63, 3.8) is 0 Å². The normalized spacial score (nSPS) is 16.2. The van der Waals surface area contributed by atoms with Gasteiger partial charge in [0.05, 0.1) is 19.4 Å². The first kappa shape index (κ1) is 15.3. The van der Waals surface area contributed by atoms with Gasteiger partial charge in [-0.3, -0.25) is 0 Å². The van der Waals surface area contributed by atoms with E-state index < -0.39 is 5.60 Å². The van der Waals surface area contributed by atoms with E-state index in [-0.39, 0.29) is 0 Å². The molecule has 0 bridgehead atoms. The molecule has 1 N–H and O–H groups in total. The summed E-state index contributed by atoms with van der Waals surface area (Å²) >= 11 is 0. The number of aromatic nitrogens is 4. The zero-order valence-electron chi connectivity index (χ0n) is 14.5. The maximum Gasteiger partial charge on any atom is 0.165 e. The molecule has 1 fully saturated rings. The van der Waals surface area contributed by atoms with Crippen LogP contribution in [0.15, 0.2) is 55.1 Å². The summed E-state index contributed by atoms with van der Waals surface area (Å²) in [5.74, 6) is 0.784. The number of nitrogens with zero attached hydrogens (tertiary/aromatic N) is 5. The molecule has 130 valence electrons. The molecule has 0 atom stereocenters. The Morgan fingerprint density at radius 1 is 1.04 bits per heavy atom. The third-order valence-electron chi connectivity index (χ3n) is 5.22. The van der Waals surface area contributed by atoms with Gasteiger partial charge in [0.25, 0.3) is 0 Å². The van der Waals surface area contributed by atoms with Crippen LogP contribution in [-0.4, -0.2) is 37.7 Å². The third kappa shape index (κ3) is 2.12. The Balaban J connectivity index is 1.51. The molecule has 5 rings (SSSR count). The van der Waals surface area contributed by atoms with Crippen LogP contribution in [0, 0.1) is 0 Å². The fraction of sp³-hybridized carbons (Fsp3) is 0.250. The molecule has 2 aromatic heterocycles. The molecule has 1 aliphatic heterocycles. The second kappa shape index (κ2) is 5.51. The summed E-state index contributed by atoms with van der Waals surface area (Å²) in [4.78, 5) is 15.3. The van der Waals surface area contributed by atoms with Gasteiger partial charge in [0, 0.05) is 6.54 Å². The predicted octanol–water partition coefficient (Wildman–Crippen LogP) is 2.71. The minimum Gasteiger partial charge on any atom is -0.381 e. The van der Waals surface area contributed by atoms with Gasteiger partial charge in [-0.1, -0.05) is 42.5 Å². The molecule has 0 amide bonds. The highest BCUT2D eigenvalue weighted by Gasteiger charge is 2.45. The molecule has 0 spiro atoms. The van der Waals surface area contributed by atoms with Crippen LogP contribution < -0.4 is 4.90 Å². The van der Waals surface area contributed by atoms with E-state index in [2.05, 4.69) is 45.0 Å². The van der Waals surface area contributed by atoms with E-state index in [0.29, 0.717) is 13.1 Å². The number of aryl methyl sites for hydroxylation is 1. The first-order chi connectivity index (χ1) is 12.7. The monoisotopic (exact) mass is 345 g/mol. The number of benzene rings is 2. The van der Waals surface area contributed by atoms with Gasteiger partial charge >= 0.3 is 0 Å². The first-order valence-corrected chi connectivity index (χ1v) is 8.81. The van der Waals surface area contributed by atoms with Crippen molar-refractivity contribution in [2.24, 2.45) is 0 Å². The van der Waals surface area contributed by atoms with E-state index in [9.17, 15) is 5.11 Å². The van der Waals surface area contributed by atoms with E-state index in [1.165, 1.54) is 0 Å². The summed E-state index contributed by atoms with van der Waals surface area (Å²) in [6.45, 7) is 3.86. The number of imidazole rings is 1. The van der Waals surface area contributed by atoms with Crippen molar-refractivity contribution < 1.29 is 5.11 Å². The molecule has 26 heavy (non-hydrogen) atoms. The van der Waals surface area contributed by atoms with Crippen molar-refractivity contribution in [1.29, 1.82) is 0 Å². The molecule has 0 aliphatic carbocycles. The SMILES string of the molecule is CCn1cnc2c(N3CC(O)(c4cccc5ccccc45)C3)ncnc21. The molecule has 6 heteroatoms. The van der Waals surface area contributed by atoms with E-state index in [4.69, 9.17) is 0 Å². The number of aliphatic hydroxyl groups is 1. The van der Waals surface area contributed by atoms with Crippen LogP contribution in [0.25, 0.3) is 21.9 Å². The fourth-order valence-electron chi connectivity index (χ4n) is 3.87. The second-order valence-corrected chi connectivity index (χ2v) is 6.81. The molecule has 4 aromatic rings. The lowest BCUT2D eigenvalue weighted by atomic mass is 9.83. The van der Waals surface area contributed by atoms with Gasteiger partial charge in [0.1, 0.15) is 11.9 Å². The minimum atomic E-state index is -0.883. The van der Waals surface area contributed by atoms with Crippen molar-refractivity contribution >= 4 is 27.8 Å². The number of anilines is 1. The fourth-order valence-corrected chi connectivity index (χ4v) is 3.87. The van der Waals surface area contributed by atoms with Crippen molar-refractivity contribution in [2.45, 2.75) is 19.1 Å². The molecule has 1 aliphatic rings. The standard InChI is InChI=1S/C20H19N5O/c1-2-24-13-23-17-18(24)21-12-22-19(17)25-10-20(26,11-25)16-9-5-7-14-6-3-4-8-15(14)16/h3-9,12-13,26H,2,10-11H2,1H3. The Morgan fingerprint density at radius 2 is 1.85 bits per heavy atom. The van der Waals surface area contributed by atoms with Crippen molar-refractivity contribution in [3.05, 3.63) is 60.7 Å². The molecule has 6 nitrogen and oxygen atoms in total. The summed E-state index contributed by atoms with van der Waals surface area (Å²) in [5.41, 5.74) is 1.70. The average molecular weight is 345 g/mol. The zero-order chi connectivity index (χ0) is 17.7. The third-order valence-corrected chi connectivity index (χ3v) is 5.22. The Labute approximate surface area is 150 Å². The molecule has 0 radical (unpaired) electrons. The van der Waals surface area contributed by atoms with Crippen molar-refractivity contribution in [1.82, 2.24) is 19.5 Å². The lowest BCUT2D eigenvalue weighted by Crippen LogP contribution is -2.60. The van der Waals surface area contributed by atoms with Crippen LogP contribution >= 0.6 is 0 Å². The smallest absolute Gasteiger partial charge is 0.165 e. The highest BCUT2D eigenvalue weighted by molar-refractivity contribution is 5.88. The highest BCUT2D eigenvalue weighted by atomic mass is 16.3. The van der Waals surface area contributed by atoms with Crippen LogP contribution in [0.1, 0.15) is 12.5 Å². The van der Waals surface area contributed by atoms with Crippen LogP contribution in [0.4, 0.5) is 5.82 Å². The van der Waals surface area contributed by atoms with Gasteiger partial charge in [0.15, 0.2) is 17.0 Å². The highest BCUT2D eigenvalue weighted by Crippen LogP contribution is 2.39. The van der Waals surface area contributed by atoms with Gasteiger partial charge in [-0.05, 0) is 23.3 Å². The maximum absolute atomic E-state index is 11.2. The number of hydrogen-bond acceptors (Lipinski definition) is 5. The molecule has 2 aromatic carbocycles. The molecular weight excluding hydrogens is 326 g/mol. The number of rotatable bonds is 3. The van der Waals surface area contributed by atoms with Crippen LogP contribution in [0.3, 0.4) is 0 Å². The van der Waals surface area contributed by atoms with Gasteiger partial charge in [-0.25, -0.2) is 15.0 Å². The van der Waals surface area contributed by atoms with Gasteiger partial charge in [0.2, 0.25) is 0 Å². The van der Waals surface area contributed by atoms with Gasteiger partial charge in [-0.2, -0.15) is 0 Å². The summed E-state index contributed by atoms with van der Waals surface area (Å²) in [6.07, 6.45) is 3.36. The zero-order valence-corrected chi connectivity index (χ0v) is 14.5. The largest absolute Gasteiger partial charge is 0.381 e. The average Bonchev–Trinajstić information content (AvgIpc) is 3.08. The Hall–Kier alpha value is -2.99. The van der Waals surface area contributed by atoms with E-state index in [1.54, 1.807) is 12.7 Å². The summed E-state index contributed by atoms with van der Waals surface area (Å²) in [6, 6.07) is 14.3. The lowest BCUT2D eigenvalue weighted by Gasteiger charge is -2.47. The Morgan fingerprint density at radius 3 is 2.69 bits per heavy atom. The summed E-state index contributed by atoms with van der Waals surface area (Å²) < 4.78 is 2.00. The van der Waals surface area contributed by atoms with E-state index in [1.807, 2.05) is 28.8 Å². The lowest BCUT2D eigenvalue weighted by molar-refractivity contribution is 0.00864. The molecular formula is C20H19N5O. The van der Waals surface area contributed by atoms with Crippen molar-refractivity contribution in [3.8, 4) is 0 Å². The molecule has 3 heterocycles. The molecule has 1 saturated heterocycles. The van der Waals surface area contributed by atoms with Gasteiger partial charge < -0.3 is 14.6 Å². The summed E-state index contributed by atoms with van der Waals surface area (Å²) in [7, 11) is 0. The van der Waals surface area contributed by atoms with Crippen LogP contribution in [0.2, 0.25) is 0 Å². The quantitative estimate of drug-likeness (QED) is 0.618. The second-order valence-electron chi connectivity index (χ2n) is 6.81. The van der Waals surface area contributed by atoms with E-state index >= 15 is 0 Å². The first-order valence-electron chi connectivity index (χ1n) is 8.81. The molecule has 0 unspecified atom stereocenters. The molecule has 0 saturated carbocycles. The van der Waals surface area contributed by atoms with Crippen LogP contribution in [-0.2, 0) is 12.1 Å². The Kier molecular flexibility index (Phi) is 3.24. The predicted molar refractivity (Wildman–Crippen MR) is 101 cm³/mol. The Bertz CT molecular complexity index is 1110. The topological polar surface area (TPSA) is 67.1 Å². The van der Waals surface area contributed by atoms with Crippen molar-refractivity contribution in [2.75, 3.05) is 18.0 Å². The van der Waals surface area contributed by atoms with E-state index in [0.717, 1.165) is 39.9 Å². The van der Waals surface area contributed by atoms with Gasteiger partial charge in [-0.15, -0.1) is 0 Å². The minimum absolute atomic E-state index is 0.492.